The van der Waals surface area contributed by atoms with E-state index in [0.29, 0.717) is 11.4 Å². The normalized spacial score (nSPS) is 24.9. The van der Waals surface area contributed by atoms with Crippen molar-refractivity contribution < 1.29 is 13.2 Å². The van der Waals surface area contributed by atoms with Gasteiger partial charge in [-0.2, -0.15) is 4.31 Å². The van der Waals surface area contributed by atoms with E-state index in [1.807, 2.05) is 26.0 Å². The minimum atomic E-state index is -3.47. The van der Waals surface area contributed by atoms with Crippen LogP contribution in [0.25, 0.3) is 0 Å². The Morgan fingerprint density at radius 2 is 1.81 bits per heavy atom. The molecule has 1 heterocycles. The third-order valence-electron chi connectivity index (χ3n) is 6.21. The Bertz CT molecular complexity index is 712. The number of ether oxygens (including phenoxy) is 1. The Morgan fingerprint density at radius 3 is 2.33 bits per heavy atom. The Kier molecular flexibility index (Phi) is 7.15. The molecule has 0 aliphatic carbocycles. The molecule has 0 aromatic heterocycles. The Balaban J connectivity index is 2.29. The molecular formula is C22H37NO3S. The highest BCUT2D eigenvalue weighted by Crippen LogP contribution is 2.41. The SMILES string of the molecule is CCCC1CC(C)(CCC)CCN1S(=O)(=O)c1ccc(C(C)(C)OC)cc1. The van der Waals surface area contributed by atoms with E-state index in [9.17, 15) is 8.42 Å². The van der Waals surface area contributed by atoms with Gasteiger partial charge in [0.1, 0.15) is 0 Å². The average molecular weight is 396 g/mol. The van der Waals surface area contributed by atoms with Crippen LogP contribution in [-0.2, 0) is 20.4 Å². The largest absolute Gasteiger partial charge is 0.374 e. The van der Waals surface area contributed by atoms with Crippen LogP contribution < -0.4 is 0 Å². The fourth-order valence-electron chi connectivity index (χ4n) is 4.34. The first-order chi connectivity index (χ1) is 12.6. The third kappa shape index (κ3) is 4.93. The lowest BCUT2D eigenvalue weighted by Gasteiger charge is -2.44. The van der Waals surface area contributed by atoms with Crippen LogP contribution >= 0.6 is 0 Å². The van der Waals surface area contributed by atoms with E-state index < -0.39 is 15.6 Å². The van der Waals surface area contributed by atoms with Crippen molar-refractivity contribution in [2.75, 3.05) is 13.7 Å². The zero-order valence-corrected chi connectivity index (χ0v) is 18.7. The fraction of sp³-hybridized carbons (Fsp3) is 0.727. The molecule has 1 aliphatic rings. The number of nitrogens with zero attached hydrogens (tertiary/aromatic N) is 1. The quantitative estimate of drug-likeness (QED) is 0.598. The molecule has 1 saturated heterocycles. The van der Waals surface area contributed by atoms with Gasteiger partial charge in [0.2, 0.25) is 10.0 Å². The molecule has 0 radical (unpaired) electrons. The predicted molar refractivity (Wildman–Crippen MR) is 111 cm³/mol. The first-order valence-corrected chi connectivity index (χ1v) is 11.7. The molecule has 4 nitrogen and oxygen atoms in total. The molecule has 2 rings (SSSR count). The lowest BCUT2D eigenvalue weighted by molar-refractivity contribution is 0.0192. The van der Waals surface area contributed by atoms with Crippen molar-refractivity contribution in [1.29, 1.82) is 0 Å². The molecule has 5 heteroatoms. The maximum Gasteiger partial charge on any atom is 0.243 e. The number of benzene rings is 1. The summed E-state index contributed by atoms with van der Waals surface area (Å²) in [5, 5.41) is 0. The van der Waals surface area contributed by atoms with Gasteiger partial charge in [-0.05, 0) is 62.6 Å². The molecule has 2 unspecified atom stereocenters. The second-order valence-corrected chi connectivity index (χ2v) is 10.7. The maximum atomic E-state index is 13.4. The molecule has 0 bridgehead atoms. The monoisotopic (exact) mass is 395 g/mol. The van der Waals surface area contributed by atoms with E-state index in [1.165, 1.54) is 6.42 Å². The molecule has 0 amide bonds. The van der Waals surface area contributed by atoms with Gasteiger partial charge in [-0.15, -0.1) is 0 Å². The summed E-state index contributed by atoms with van der Waals surface area (Å²) in [5.41, 5.74) is 0.802. The summed E-state index contributed by atoms with van der Waals surface area (Å²) in [6.07, 6.45) is 6.14. The van der Waals surface area contributed by atoms with Crippen molar-refractivity contribution >= 4 is 10.0 Å². The second kappa shape index (κ2) is 8.62. The number of hydrogen-bond donors (Lipinski definition) is 0. The van der Waals surface area contributed by atoms with E-state index >= 15 is 0 Å². The van der Waals surface area contributed by atoms with Crippen LogP contribution in [0, 0.1) is 5.41 Å². The van der Waals surface area contributed by atoms with Gasteiger partial charge in [-0.3, -0.25) is 0 Å². The zero-order valence-electron chi connectivity index (χ0n) is 17.9. The van der Waals surface area contributed by atoms with Gasteiger partial charge in [0.05, 0.1) is 10.5 Å². The Hall–Kier alpha value is -0.910. The smallest absolute Gasteiger partial charge is 0.243 e. The number of sulfonamides is 1. The van der Waals surface area contributed by atoms with Crippen LogP contribution in [0.2, 0.25) is 0 Å². The topological polar surface area (TPSA) is 46.6 Å². The molecule has 0 N–H and O–H groups in total. The summed E-state index contributed by atoms with van der Waals surface area (Å²) in [4.78, 5) is 0.387. The molecule has 0 saturated carbocycles. The van der Waals surface area contributed by atoms with Gasteiger partial charge in [0.15, 0.2) is 0 Å². The van der Waals surface area contributed by atoms with Crippen LogP contribution in [0.3, 0.4) is 0 Å². The summed E-state index contributed by atoms with van der Waals surface area (Å²) < 4.78 is 34.0. The predicted octanol–water partition coefficient (Wildman–Crippen LogP) is 5.33. The van der Waals surface area contributed by atoms with E-state index in [0.717, 1.165) is 37.7 Å². The van der Waals surface area contributed by atoms with Crippen molar-refractivity contribution in [3.05, 3.63) is 29.8 Å². The first kappa shape index (κ1) is 22.4. The molecule has 27 heavy (non-hydrogen) atoms. The van der Waals surface area contributed by atoms with E-state index in [-0.39, 0.29) is 11.5 Å². The molecule has 1 aromatic carbocycles. The highest BCUT2D eigenvalue weighted by atomic mass is 32.2. The van der Waals surface area contributed by atoms with E-state index in [2.05, 4.69) is 20.8 Å². The van der Waals surface area contributed by atoms with Crippen molar-refractivity contribution in [3.63, 3.8) is 0 Å². The van der Waals surface area contributed by atoms with Gasteiger partial charge < -0.3 is 4.74 Å². The third-order valence-corrected chi connectivity index (χ3v) is 8.18. The van der Waals surface area contributed by atoms with Crippen molar-refractivity contribution in [2.24, 2.45) is 5.41 Å². The zero-order chi connectivity index (χ0) is 20.3. The van der Waals surface area contributed by atoms with Crippen molar-refractivity contribution in [3.8, 4) is 0 Å². The van der Waals surface area contributed by atoms with Crippen LogP contribution in [0.4, 0.5) is 0 Å². The number of methoxy groups -OCH3 is 1. The molecule has 1 aliphatic heterocycles. The van der Waals surface area contributed by atoms with E-state index in [4.69, 9.17) is 4.74 Å². The first-order valence-electron chi connectivity index (χ1n) is 10.3. The minimum Gasteiger partial charge on any atom is -0.374 e. The number of piperidine rings is 1. The number of hydrogen-bond acceptors (Lipinski definition) is 3. The van der Waals surface area contributed by atoms with Gasteiger partial charge in [0.25, 0.3) is 0 Å². The Morgan fingerprint density at radius 1 is 1.19 bits per heavy atom. The number of rotatable bonds is 8. The van der Waals surface area contributed by atoms with Gasteiger partial charge >= 0.3 is 0 Å². The standard InChI is InChI=1S/C22H37NO3S/c1-7-9-19-17-22(5,14-8-2)15-16-23(19)27(24,25)20-12-10-18(11-13-20)21(3,4)26-6/h10-13,19H,7-9,14-17H2,1-6H3. The highest BCUT2D eigenvalue weighted by Gasteiger charge is 2.41. The molecule has 1 fully saturated rings. The van der Waals surface area contributed by atoms with Crippen molar-refractivity contribution in [2.45, 2.75) is 89.7 Å². The summed E-state index contributed by atoms with van der Waals surface area (Å²) >= 11 is 0. The van der Waals surface area contributed by atoms with Crippen molar-refractivity contribution in [1.82, 2.24) is 4.31 Å². The van der Waals surface area contributed by atoms with Crippen LogP contribution in [0.5, 0.6) is 0 Å². The molecule has 2 atom stereocenters. The van der Waals surface area contributed by atoms with Gasteiger partial charge in [-0.1, -0.05) is 45.7 Å². The summed E-state index contributed by atoms with van der Waals surface area (Å²) in [5.74, 6) is 0. The lowest BCUT2D eigenvalue weighted by Crippen LogP contribution is -2.48. The highest BCUT2D eigenvalue weighted by molar-refractivity contribution is 7.89. The fourth-order valence-corrected chi connectivity index (χ4v) is 6.00. The lowest BCUT2D eigenvalue weighted by atomic mass is 9.74. The van der Waals surface area contributed by atoms with Gasteiger partial charge in [-0.25, -0.2) is 8.42 Å². The van der Waals surface area contributed by atoms with Gasteiger partial charge in [0, 0.05) is 19.7 Å². The molecular weight excluding hydrogens is 358 g/mol. The van der Waals surface area contributed by atoms with Crippen LogP contribution in [0.1, 0.15) is 78.7 Å². The Labute approximate surface area is 166 Å². The summed E-state index contributed by atoms with van der Waals surface area (Å²) in [7, 11) is -1.81. The van der Waals surface area contributed by atoms with Crippen LogP contribution in [0.15, 0.2) is 29.2 Å². The summed E-state index contributed by atoms with van der Waals surface area (Å²) in [6.45, 7) is 11.3. The minimum absolute atomic E-state index is 0.0976. The molecule has 1 aromatic rings. The maximum absolute atomic E-state index is 13.4. The van der Waals surface area contributed by atoms with E-state index in [1.54, 1.807) is 23.5 Å². The molecule has 154 valence electrons. The second-order valence-electron chi connectivity index (χ2n) is 8.81. The van der Waals surface area contributed by atoms with Crippen LogP contribution in [-0.4, -0.2) is 32.4 Å². The summed E-state index contributed by atoms with van der Waals surface area (Å²) in [6, 6.07) is 7.30. The average Bonchev–Trinajstić information content (AvgIpc) is 2.62. The molecule has 0 spiro atoms.